The van der Waals surface area contributed by atoms with Crippen LogP contribution in [0.15, 0.2) is 42.6 Å². The number of amides is 1. The van der Waals surface area contributed by atoms with Gasteiger partial charge in [0.1, 0.15) is 5.65 Å². The van der Waals surface area contributed by atoms with Gasteiger partial charge in [0.25, 0.3) is 0 Å². The summed E-state index contributed by atoms with van der Waals surface area (Å²) >= 11 is 0. The Morgan fingerprint density at radius 3 is 2.81 bits per heavy atom. The first-order chi connectivity index (χ1) is 12.6. The van der Waals surface area contributed by atoms with Crippen LogP contribution in [0.4, 0.5) is 5.69 Å². The van der Waals surface area contributed by atoms with E-state index in [1.165, 1.54) is 16.8 Å². The Labute approximate surface area is 154 Å². The Bertz CT molecular complexity index is 973. The molecule has 0 saturated heterocycles. The van der Waals surface area contributed by atoms with Crippen molar-refractivity contribution in [3.05, 3.63) is 65.1 Å². The minimum absolute atomic E-state index is 0.0177. The maximum atomic E-state index is 13.3. The lowest BCUT2D eigenvalue weighted by Crippen LogP contribution is -2.38. The zero-order chi connectivity index (χ0) is 18.3. The summed E-state index contributed by atoms with van der Waals surface area (Å²) in [5.74, 6) is 0.245. The van der Waals surface area contributed by atoms with E-state index in [-0.39, 0.29) is 11.8 Å². The fourth-order valence-electron chi connectivity index (χ4n) is 4.00. The smallest absolute Gasteiger partial charge is 0.230 e. The third-order valence-electron chi connectivity index (χ3n) is 5.38. The number of imidazole rings is 1. The van der Waals surface area contributed by atoms with Crippen LogP contribution in [0, 0.1) is 19.8 Å². The number of fused-ring (bicyclic) bond motifs is 3. The van der Waals surface area contributed by atoms with E-state index >= 15 is 0 Å². The SMILES string of the molecule is CCN(C(=O)C1CCc2nc3cc(C)ccn3c2C1)c1cccc(C)c1. The molecule has 1 aliphatic carbocycles. The van der Waals surface area contributed by atoms with Crippen molar-refractivity contribution in [2.45, 2.75) is 40.0 Å². The van der Waals surface area contributed by atoms with Crippen molar-refractivity contribution in [2.75, 3.05) is 11.4 Å². The van der Waals surface area contributed by atoms with E-state index in [1.807, 2.05) is 24.0 Å². The maximum Gasteiger partial charge on any atom is 0.230 e. The van der Waals surface area contributed by atoms with Crippen LogP contribution < -0.4 is 4.90 Å². The molecule has 0 bridgehead atoms. The molecule has 26 heavy (non-hydrogen) atoms. The van der Waals surface area contributed by atoms with Crippen LogP contribution in [0.2, 0.25) is 0 Å². The highest BCUT2D eigenvalue weighted by atomic mass is 16.2. The molecule has 0 saturated carbocycles. The zero-order valence-corrected chi connectivity index (χ0v) is 15.7. The van der Waals surface area contributed by atoms with Gasteiger partial charge in [-0.15, -0.1) is 0 Å². The van der Waals surface area contributed by atoms with E-state index in [0.717, 1.165) is 36.3 Å². The van der Waals surface area contributed by atoms with E-state index in [9.17, 15) is 4.79 Å². The molecule has 0 N–H and O–H groups in total. The number of hydrogen-bond acceptors (Lipinski definition) is 2. The Morgan fingerprint density at radius 2 is 2.04 bits per heavy atom. The number of pyridine rings is 1. The van der Waals surface area contributed by atoms with Gasteiger partial charge in [0.15, 0.2) is 0 Å². The summed E-state index contributed by atoms with van der Waals surface area (Å²) in [5.41, 5.74) is 6.73. The van der Waals surface area contributed by atoms with E-state index in [1.54, 1.807) is 0 Å². The summed E-state index contributed by atoms with van der Waals surface area (Å²) in [4.78, 5) is 20.0. The van der Waals surface area contributed by atoms with Gasteiger partial charge in [-0.2, -0.15) is 0 Å². The zero-order valence-electron chi connectivity index (χ0n) is 15.7. The third kappa shape index (κ3) is 2.90. The lowest BCUT2D eigenvalue weighted by Gasteiger charge is -2.28. The van der Waals surface area contributed by atoms with Gasteiger partial charge in [0.2, 0.25) is 5.91 Å². The number of carbonyl (C=O) groups is 1. The molecule has 1 aliphatic rings. The molecule has 1 unspecified atom stereocenters. The fraction of sp³-hybridized carbons (Fsp3) is 0.364. The quantitative estimate of drug-likeness (QED) is 0.715. The van der Waals surface area contributed by atoms with E-state index in [4.69, 9.17) is 4.98 Å². The third-order valence-corrected chi connectivity index (χ3v) is 5.38. The Morgan fingerprint density at radius 1 is 1.23 bits per heavy atom. The summed E-state index contributed by atoms with van der Waals surface area (Å²) in [7, 11) is 0. The van der Waals surface area contributed by atoms with Crippen molar-refractivity contribution in [1.82, 2.24) is 9.38 Å². The second-order valence-electron chi connectivity index (χ2n) is 7.30. The summed E-state index contributed by atoms with van der Waals surface area (Å²) in [5, 5.41) is 0. The summed E-state index contributed by atoms with van der Waals surface area (Å²) in [6.07, 6.45) is 4.59. The van der Waals surface area contributed by atoms with Crippen LogP contribution in [0.25, 0.3) is 5.65 Å². The first-order valence-corrected chi connectivity index (χ1v) is 9.41. The first-order valence-electron chi connectivity index (χ1n) is 9.41. The van der Waals surface area contributed by atoms with Crippen molar-refractivity contribution in [3.8, 4) is 0 Å². The van der Waals surface area contributed by atoms with Crippen LogP contribution in [0.3, 0.4) is 0 Å². The minimum Gasteiger partial charge on any atom is -0.312 e. The molecule has 0 fully saturated rings. The van der Waals surface area contributed by atoms with Crippen molar-refractivity contribution >= 4 is 17.2 Å². The lowest BCUT2D eigenvalue weighted by molar-refractivity contribution is -0.122. The predicted molar refractivity (Wildman–Crippen MR) is 105 cm³/mol. The molecular formula is C22H25N3O. The predicted octanol–water partition coefficient (Wildman–Crippen LogP) is 4.11. The highest BCUT2D eigenvalue weighted by molar-refractivity contribution is 5.95. The lowest BCUT2D eigenvalue weighted by atomic mass is 9.88. The van der Waals surface area contributed by atoms with E-state index in [0.29, 0.717) is 6.54 Å². The molecule has 0 radical (unpaired) electrons. The molecule has 0 spiro atoms. The normalized spacial score (nSPS) is 16.5. The minimum atomic E-state index is 0.0177. The highest BCUT2D eigenvalue weighted by Gasteiger charge is 2.31. The fourth-order valence-corrected chi connectivity index (χ4v) is 4.00. The molecule has 1 atom stereocenters. The number of anilines is 1. The Balaban J connectivity index is 1.63. The monoisotopic (exact) mass is 347 g/mol. The van der Waals surface area contributed by atoms with Gasteiger partial charge in [0.05, 0.1) is 5.69 Å². The number of aryl methyl sites for hydroxylation is 3. The number of carbonyl (C=O) groups excluding carboxylic acids is 1. The summed E-state index contributed by atoms with van der Waals surface area (Å²) in [6, 6.07) is 12.4. The molecule has 3 aromatic rings. The van der Waals surface area contributed by atoms with Gasteiger partial charge in [-0.25, -0.2) is 4.98 Å². The topological polar surface area (TPSA) is 37.6 Å². The molecule has 4 heteroatoms. The molecule has 2 aromatic heterocycles. The van der Waals surface area contributed by atoms with Gasteiger partial charge in [-0.3, -0.25) is 4.79 Å². The van der Waals surface area contributed by atoms with Gasteiger partial charge in [-0.05, 0) is 69.0 Å². The summed E-state index contributed by atoms with van der Waals surface area (Å²) < 4.78 is 2.16. The number of rotatable bonds is 3. The average Bonchev–Trinajstić information content (AvgIpc) is 2.98. The van der Waals surface area contributed by atoms with Crippen LogP contribution in [0.5, 0.6) is 0 Å². The van der Waals surface area contributed by atoms with Crippen molar-refractivity contribution in [2.24, 2.45) is 5.92 Å². The number of aromatic nitrogens is 2. The van der Waals surface area contributed by atoms with Gasteiger partial charge >= 0.3 is 0 Å². The van der Waals surface area contributed by atoms with Crippen molar-refractivity contribution in [3.63, 3.8) is 0 Å². The van der Waals surface area contributed by atoms with Crippen LogP contribution >= 0.6 is 0 Å². The van der Waals surface area contributed by atoms with E-state index < -0.39 is 0 Å². The van der Waals surface area contributed by atoms with Crippen molar-refractivity contribution < 1.29 is 4.79 Å². The Kier molecular flexibility index (Phi) is 4.27. The van der Waals surface area contributed by atoms with Crippen molar-refractivity contribution in [1.29, 1.82) is 0 Å². The van der Waals surface area contributed by atoms with Gasteiger partial charge in [0, 0.05) is 36.5 Å². The first kappa shape index (κ1) is 16.8. The van der Waals surface area contributed by atoms with E-state index in [2.05, 4.69) is 48.7 Å². The van der Waals surface area contributed by atoms with Gasteiger partial charge in [-0.1, -0.05) is 12.1 Å². The molecule has 4 rings (SSSR count). The molecule has 1 aromatic carbocycles. The number of benzene rings is 1. The van der Waals surface area contributed by atoms with Crippen LogP contribution in [-0.4, -0.2) is 21.8 Å². The molecule has 2 heterocycles. The molecule has 4 nitrogen and oxygen atoms in total. The highest BCUT2D eigenvalue weighted by Crippen LogP contribution is 2.29. The average molecular weight is 347 g/mol. The van der Waals surface area contributed by atoms with Crippen LogP contribution in [0.1, 0.15) is 35.9 Å². The molecule has 134 valence electrons. The maximum absolute atomic E-state index is 13.3. The standard InChI is InChI=1S/C22H25N3O/c1-4-24(18-7-5-6-15(2)12-18)22(26)17-8-9-19-20(14-17)25-11-10-16(3)13-21(25)23-19/h5-7,10-13,17H,4,8-9,14H2,1-3H3. The second kappa shape index (κ2) is 6.60. The van der Waals surface area contributed by atoms with Gasteiger partial charge < -0.3 is 9.30 Å². The largest absolute Gasteiger partial charge is 0.312 e. The molecule has 1 amide bonds. The van der Waals surface area contributed by atoms with Crippen LogP contribution in [-0.2, 0) is 17.6 Å². The molecular weight excluding hydrogens is 322 g/mol. The Hall–Kier alpha value is -2.62. The molecule has 0 aliphatic heterocycles. The second-order valence-corrected chi connectivity index (χ2v) is 7.30. The number of hydrogen-bond donors (Lipinski definition) is 0. The number of nitrogens with zero attached hydrogens (tertiary/aromatic N) is 3. The summed E-state index contributed by atoms with van der Waals surface area (Å²) in [6.45, 7) is 6.89.